The average molecular weight is 483 g/mol. The number of thiophene rings is 1. The number of methoxy groups -OCH3 is 1. The van der Waals surface area contributed by atoms with Crippen LogP contribution in [0.25, 0.3) is 21.3 Å². The number of nitrogens with one attached hydrogen (secondary N) is 1. The van der Waals surface area contributed by atoms with Crippen molar-refractivity contribution in [1.29, 1.82) is 0 Å². The normalized spacial score (nSPS) is 11.9. The maximum Gasteiger partial charge on any atom is 0.251 e. The fourth-order valence-corrected chi connectivity index (χ4v) is 4.46. The highest BCUT2D eigenvalue weighted by molar-refractivity contribution is 7.17. The zero-order valence-electron chi connectivity index (χ0n) is 18.3. The van der Waals surface area contributed by atoms with Gasteiger partial charge in [0.15, 0.2) is 11.5 Å². The molecular formula is C25H23FN2O5S. The Balaban J connectivity index is 1.46. The number of carbonyl (C=O) groups excluding carboxylic acids is 1. The zero-order valence-corrected chi connectivity index (χ0v) is 19.1. The van der Waals surface area contributed by atoms with Crippen LogP contribution < -0.4 is 14.8 Å². The van der Waals surface area contributed by atoms with Crippen LogP contribution >= 0.6 is 11.3 Å². The molecule has 0 bridgehead atoms. The van der Waals surface area contributed by atoms with E-state index in [-0.39, 0.29) is 25.6 Å². The number of amides is 1. The van der Waals surface area contributed by atoms with Crippen molar-refractivity contribution >= 4 is 27.3 Å². The molecule has 1 unspecified atom stereocenters. The second-order valence-corrected chi connectivity index (χ2v) is 8.26. The molecule has 0 spiro atoms. The van der Waals surface area contributed by atoms with E-state index in [1.807, 2.05) is 11.4 Å². The molecule has 7 nitrogen and oxygen atoms in total. The highest BCUT2D eigenvalue weighted by Gasteiger charge is 2.16. The van der Waals surface area contributed by atoms with Gasteiger partial charge in [-0.1, -0.05) is 18.2 Å². The summed E-state index contributed by atoms with van der Waals surface area (Å²) < 4.78 is 25.2. The van der Waals surface area contributed by atoms with E-state index in [4.69, 9.17) is 14.6 Å². The number of carbonyl (C=O) groups is 1. The fourth-order valence-electron chi connectivity index (χ4n) is 3.49. The van der Waals surface area contributed by atoms with Crippen LogP contribution in [-0.4, -0.2) is 48.0 Å². The Hall–Kier alpha value is -3.53. The van der Waals surface area contributed by atoms with E-state index < -0.39 is 12.0 Å². The van der Waals surface area contributed by atoms with E-state index in [2.05, 4.69) is 10.3 Å². The summed E-state index contributed by atoms with van der Waals surface area (Å²) in [6, 6.07) is 14.8. The first-order chi connectivity index (χ1) is 16.5. The van der Waals surface area contributed by atoms with Crippen LogP contribution in [0.4, 0.5) is 4.39 Å². The number of benzene rings is 2. The summed E-state index contributed by atoms with van der Waals surface area (Å²) in [6.45, 7) is -0.0896. The van der Waals surface area contributed by atoms with Crippen molar-refractivity contribution in [2.75, 3.05) is 26.9 Å². The number of hydrogen-bond donors (Lipinski definition) is 3. The Labute approximate surface area is 199 Å². The molecule has 2 heterocycles. The number of nitrogens with zero attached hydrogens (tertiary/aromatic N) is 1. The van der Waals surface area contributed by atoms with E-state index in [0.29, 0.717) is 33.2 Å². The van der Waals surface area contributed by atoms with Crippen LogP contribution in [0.2, 0.25) is 0 Å². The molecule has 0 aliphatic carbocycles. The lowest BCUT2D eigenvalue weighted by atomic mass is 10.1. The lowest BCUT2D eigenvalue weighted by Gasteiger charge is -2.14. The van der Waals surface area contributed by atoms with E-state index in [1.165, 1.54) is 30.6 Å². The Morgan fingerprint density at radius 2 is 2.00 bits per heavy atom. The molecule has 2 aromatic carbocycles. The largest absolute Gasteiger partial charge is 0.493 e. The number of aliphatic hydroxyl groups excluding tert-OH is 2. The lowest BCUT2D eigenvalue weighted by Crippen LogP contribution is -2.28. The van der Waals surface area contributed by atoms with Gasteiger partial charge in [-0.05, 0) is 36.4 Å². The summed E-state index contributed by atoms with van der Waals surface area (Å²) in [5, 5.41) is 24.8. The Morgan fingerprint density at radius 1 is 1.18 bits per heavy atom. The minimum atomic E-state index is -1.04. The van der Waals surface area contributed by atoms with E-state index in [1.54, 1.807) is 36.4 Å². The molecular weight excluding hydrogens is 459 g/mol. The van der Waals surface area contributed by atoms with Gasteiger partial charge in [0.2, 0.25) is 0 Å². The highest BCUT2D eigenvalue weighted by atomic mass is 32.1. The number of pyridine rings is 1. The van der Waals surface area contributed by atoms with Crippen LogP contribution in [0.5, 0.6) is 11.5 Å². The third kappa shape index (κ3) is 5.01. The first kappa shape index (κ1) is 23.6. The third-order valence-electron chi connectivity index (χ3n) is 5.17. The summed E-state index contributed by atoms with van der Waals surface area (Å²) in [5.41, 5.74) is 2.11. The molecule has 3 N–H and O–H groups in total. The fraction of sp³-hybridized carbons (Fsp3) is 0.200. The second-order valence-electron chi connectivity index (χ2n) is 7.38. The summed E-state index contributed by atoms with van der Waals surface area (Å²) >= 11 is 1.30. The van der Waals surface area contributed by atoms with Gasteiger partial charge in [0.1, 0.15) is 18.5 Å². The number of aliphatic hydroxyl groups is 2. The van der Waals surface area contributed by atoms with Gasteiger partial charge < -0.3 is 25.0 Å². The second kappa shape index (κ2) is 10.6. The molecule has 0 radical (unpaired) electrons. The van der Waals surface area contributed by atoms with Crippen LogP contribution in [0.15, 0.2) is 60.0 Å². The van der Waals surface area contributed by atoms with Gasteiger partial charge in [0.25, 0.3) is 5.91 Å². The van der Waals surface area contributed by atoms with E-state index in [9.17, 15) is 14.3 Å². The topological polar surface area (TPSA) is 101 Å². The van der Waals surface area contributed by atoms with Crippen LogP contribution in [0.3, 0.4) is 0 Å². The van der Waals surface area contributed by atoms with Crippen molar-refractivity contribution in [3.63, 3.8) is 0 Å². The zero-order chi connectivity index (χ0) is 24.1. The standard InChI is InChI=1S/C25H23FN2O5S/c1-32-23-12-15(8-9-22(23)33-11-10-29)25(31)27-13-21(30)20-7-3-6-19(28-20)17-14-34-24-16(17)4-2-5-18(24)26/h2-9,12,14,21,29-30H,10-11,13H2,1H3,(H,27,31). The van der Waals surface area contributed by atoms with Crippen LogP contribution in [0.1, 0.15) is 22.2 Å². The molecule has 0 aliphatic rings. The molecule has 4 aromatic rings. The van der Waals surface area contributed by atoms with Crippen molar-refractivity contribution in [2.45, 2.75) is 6.10 Å². The minimum absolute atomic E-state index is 0.0562. The van der Waals surface area contributed by atoms with Crippen molar-refractivity contribution < 1.29 is 28.9 Å². The molecule has 4 rings (SSSR count). The maximum absolute atomic E-state index is 14.0. The third-order valence-corrected chi connectivity index (χ3v) is 6.17. The monoisotopic (exact) mass is 482 g/mol. The van der Waals surface area contributed by atoms with E-state index in [0.717, 1.165) is 10.9 Å². The Bertz CT molecular complexity index is 1310. The number of rotatable bonds is 9. The van der Waals surface area contributed by atoms with Crippen molar-refractivity contribution in [2.24, 2.45) is 0 Å². The first-order valence-electron chi connectivity index (χ1n) is 10.5. The van der Waals surface area contributed by atoms with Crippen LogP contribution in [0, 0.1) is 5.82 Å². The predicted molar refractivity (Wildman–Crippen MR) is 128 cm³/mol. The summed E-state index contributed by atoms with van der Waals surface area (Å²) in [5.74, 6) is 0.0872. The molecule has 34 heavy (non-hydrogen) atoms. The summed E-state index contributed by atoms with van der Waals surface area (Å²) in [6.07, 6.45) is -1.04. The van der Waals surface area contributed by atoms with Gasteiger partial charge in [-0.25, -0.2) is 9.37 Å². The van der Waals surface area contributed by atoms with E-state index >= 15 is 0 Å². The van der Waals surface area contributed by atoms with Gasteiger partial charge in [-0.3, -0.25) is 4.79 Å². The molecule has 1 atom stereocenters. The number of aromatic nitrogens is 1. The molecule has 0 fully saturated rings. The minimum Gasteiger partial charge on any atom is -0.493 e. The van der Waals surface area contributed by atoms with Crippen molar-refractivity contribution in [3.05, 3.63) is 77.1 Å². The summed E-state index contributed by atoms with van der Waals surface area (Å²) in [4.78, 5) is 17.1. The predicted octanol–water partition coefficient (Wildman–Crippen LogP) is 3.95. The number of fused-ring (bicyclic) bond motifs is 1. The van der Waals surface area contributed by atoms with Crippen LogP contribution in [-0.2, 0) is 0 Å². The molecule has 0 aliphatic heterocycles. The number of hydrogen-bond acceptors (Lipinski definition) is 7. The lowest BCUT2D eigenvalue weighted by molar-refractivity contribution is 0.0913. The van der Waals surface area contributed by atoms with Gasteiger partial charge >= 0.3 is 0 Å². The van der Waals surface area contributed by atoms with Gasteiger partial charge in [0.05, 0.1) is 29.8 Å². The molecule has 0 saturated carbocycles. The number of halogens is 1. The first-order valence-corrected chi connectivity index (χ1v) is 11.4. The van der Waals surface area contributed by atoms with Gasteiger partial charge in [-0.2, -0.15) is 0 Å². The Morgan fingerprint density at radius 3 is 2.79 bits per heavy atom. The van der Waals surface area contributed by atoms with Gasteiger partial charge in [-0.15, -0.1) is 11.3 Å². The molecule has 176 valence electrons. The summed E-state index contributed by atoms with van der Waals surface area (Å²) in [7, 11) is 1.45. The maximum atomic E-state index is 14.0. The highest BCUT2D eigenvalue weighted by Crippen LogP contribution is 2.35. The Kier molecular flexibility index (Phi) is 7.36. The quantitative estimate of drug-likeness (QED) is 0.334. The average Bonchev–Trinajstić information content (AvgIpc) is 3.31. The molecule has 2 aromatic heterocycles. The molecule has 1 amide bonds. The van der Waals surface area contributed by atoms with Crippen molar-refractivity contribution in [1.82, 2.24) is 10.3 Å². The smallest absolute Gasteiger partial charge is 0.251 e. The van der Waals surface area contributed by atoms with Crippen molar-refractivity contribution in [3.8, 4) is 22.8 Å². The number of ether oxygens (including phenoxy) is 2. The SMILES string of the molecule is COc1cc(C(=O)NCC(O)c2cccc(-c3csc4c(F)cccc34)n2)ccc1OCCO. The van der Waals surface area contributed by atoms with Gasteiger partial charge in [0, 0.05) is 28.4 Å². The molecule has 9 heteroatoms. The molecule has 0 saturated heterocycles.